The molecule has 1 aliphatic heterocycles. The fourth-order valence-electron chi connectivity index (χ4n) is 2.29. The van der Waals surface area contributed by atoms with E-state index < -0.39 is 9.84 Å². The molecular formula is C12H21N3O3S. The number of sulfone groups is 1. The zero-order chi connectivity index (χ0) is 14.0. The second kappa shape index (κ2) is 5.58. The van der Waals surface area contributed by atoms with Gasteiger partial charge < -0.3 is 4.52 Å². The third kappa shape index (κ3) is 3.76. The van der Waals surface area contributed by atoms with Gasteiger partial charge in [0.2, 0.25) is 5.89 Å². The topological polar surface area (TPSA) is 76.3 Å². The highest BCUT2D eigenvalue weighted by Crippen LogP contribution is 2.30. The summed E-state index contributed by atoms with van der Waals surface area (Å²) in [4.78, 5) is 6.55. The third-order valence-corrected chi connectivity index (χ3v) is 4.29. The standard InChI is InChI=1S/C12H21N3O3S/c1-9(2)12-13-11(14-18-12)10-5-4-6-15(10)7-8-19(3,16)17/h9-10H,4-8H2,1-3H3. The zero-order valence-electron chi connectivity index (χ0n) is 11.7. The SMILES string of the molecule is CC(C)c1nc(C2CCCN2CCS(C)(=O)=O)no1. The van der Waals surface area contributed by atoms with E-state index in [9.17, 15) is 8.42 Å². The maximum atomic E-state index is 11.2. The van der Waals surface area contributed by atoms with E-state index in [-0.39, 0.29) is 17.7 Å². The first-order chi connectivity index (χ1) is 8.87. The van der Waals surface area contributed by atoms with Crippen LogP contribution in [0.3, 0.4) is 0 Å². The van der Waals surface area contributed by atoms with Crippen LogP contribution in [0.4, 0.5) is 0 Å². The third-order valence-electron chi connectivity index (χ3n) is 3.36. The molecule has 0 saturated carbocycles. The predicted molar refractivity (Wildman–Crippen MR) is 71.6 cm³/mol. The van der Waals surface area contributed by atoms with Gasteiger partial charge in [-0.15, -0.1) is 0 Å². The molecule has 0 N–H and O–H groups in total. The molecule has 1 saturated heterocycles. The minimum Gasteiger partial charge on any atom is -0.339 e. The first kappa shape index (κ1) is 14.5. The molecule has 2 rings (SSSR count). The lowest BCUT2D eigenvalue weighted by atomic mass is 10.2. The van der Waals surface area contributed by atoms with E-state index in [0.29, 0.717) is 18.3 Å². The molecule has 108 valence electrons. The smallest absolute Gasteiger partial charge is 0.229 e. The van der Waals surface area contributed by atoms with Crippen LogP contribution in [0.25, 0.3) is 0 Å². The van der Waals surface area contributed by atoms with Crippen molar-refractivity contribution in [2.75, 3.05) is 25.1 Å². The molecule has 0 bridgehead atoms. The van der Waals surface area contributed by atoms with Crippen LogP contribution in [0.1, 0.15) is 50.4 Å². The predicted octanol–water partition coefficient (Wildman–Crippen LogP) is 1.37. The van der Waals surface area contributed by atoms with E-state index in [1.807, 2.05) is 13.8 Å². The Hall–Kier alpha value is -0.950. The average Bonchev–Trinajstić information content (AvgIpc) is 2.93. The normalized spacial score (nSPS) is 21.4. The lowest BCUT2D eigenvalue weighted by Crippen LogP contribution is -2.29. The Labute approximate surface area is 114 Å². The molecule has 6 nitrogen and oxygen atoms in total. The molecule has 1 aliphatic rings. The Bertz CT molecular complexity index is 524. The zero-order valence-corrected chi connectivity index (χ0v) is 12.5. The van der Waals surface area contributed by atoms with Crippen LogP contribution < -0.4 is 0 Å². The van der Waals surface area contributed by atoms with Gasteiger partial charge in [0.15, 0.2) is 5.82 Å². The van der Waals surface area contributed by atoms with Gasteiger partial charge in [-0.05, 0) is 19.4 Å². The number of nitrogens with zero attached hydrogens (tertiary/aromatic N) is 3. The van der Waals surface area contributed by atoms with Crippen LogP contribution in [0.5, 0.6) is 0 Å². The van der Waals surface area contributed by atoms with E-state index in [1.165, 1.54) is 6.26 Å². The lowest BCUT2D eigenvalue weighted by Gasteiger charge is -2.21. The van der Waals surface area contributed by atoms with Crippen molar-refractivity contribution in [1.29, 1.82) is 0 Å². The summed E-state index contributed by atoms with van der Waals surface area (Å²) in [5, 5.41) is 4.04. The van der Waals surface area contributed by atoms with Gasteiger partial charge in [-0.1, -0.05) is 19.0 Å². The number of hydrogen-bond acceptors (Lipinski definition) is 6. The summed E-state index contributed by atoms with van der Waals surface area (Å²) in [6.45, 7) is 5.45. The van der Waals surface area contributed by atoms with Crippen molar-refractivity contribution >= 4 is 9.84 Å². The van der Waals surface area contributed by atoms with Gasteiger partial charge >= 0.3 is 0 Å². The molecule has 0 aliphatic carbocycles. The van der Waals surface area contributed by atoms with E-state index in [0.717, 1.165) is 19.4 Å². The summed E-state index contributed by atoms with van der Waals surface area (Å²) >= 11 is 0. The summed E-state index contributed by atoms with van der Waals surface area (Å²) in [5.41, 5.74) is 0. The fraction of sp³-hybridized carbons (Fsp3) is 0.833. The number of rotatable bonds is 5. The summed E-state index contributed by atoms with van der Waals surface area (Å²) in [6.07, 6.45) is 3.27. The minimum atomic E-state index is -2.93. The molecule has 1 fully saturated rings. The van der Waals surface area contributed by atoms with Crippen LogP contribution in [-0.2, 0) is 9.84 Å². The van der Waals surface area contributed by atoms with Crippen molar-refractivity contribution in [1.82, 2.24) is 15.0 Å². The largest absolute Gasteiger partial charge is 0.339 e. The van der Waals surface area contributed by atoms with Crippen LogP contribution in [-0.4, -0.2) is 48.6 Å². The molecule has 1 aromatic rings. The van der Waals surface area contributed by atoms with Gasteiger partial charge in [-0.25, -0.2) is 8.42 Å². The van der Waals surface area contributed by atoms with Gasteiger partial charge in [0.05, 0.1) is 11.8 Å². The first-order valence-corrected chi connectivity index (χ1v) is 8.68. The molecule has 1 aromatic heterocycles. The van der Waals surface area contributed by atoms with E-state index >= 15 is 0 Å². The highest BCUT2D eigenvalue weighted by atomic mass is 32.2. The highest BCUT2D eigenvalue weighted by Gasteiger charge is 2.30. The molecule has 1 unspecified atom stereocenters. The Morgan fingerprint density at radius 1 is 1.47 bits per heavy atom. The molecule has 0 radical (unpaired) electrons. The summed E-state index contributed by atoms with van der Waals surface area (Å²) in [6, 6.07) is 0.0954. The lowest BCUT2D eigenvalue weighted by molar-refractivity contribution is 0.255. The maximum Gasteiger partial charge on any atom is 0.229 e. The Balaban J connectivity index is 2.05. The molecule has 0 amide bonds. The Morgan fingerprint density at radius 2 is 2.21 bits per heavy atom. The number of likely N-dealkylation sites (tertiary alicyclic amines) is 1. The minimum absolute atomic E-state index is 0.0954. The van der Waals surface area contributed by atoms with Crippen molar-refractivity contribution < 1.29 is 12.9 Å². The number of aromatic nitrogens is 2. The number of hydrogen-bond donors (Lipinski definition) is 0. The van der Waals surface area contributed by atoms with E-state index in [2.05, 4.69) is 15.0 Å². The Morgan fingerprint density at radius 3 is 2.79 bits per heavy atom. The molecule has 2 heterocycles. The molecule has 19 heavy (non-hydrogen) atoms. The van der Waals surface area contributed by atoms with Crippen LogP contribution in [0.15, 0.2) is 4.52 Å². The molecule has 1 atom stereocenters. The monoisotopic (exact) mass is 287 g/mol. The second-order valence-corrected chi connectivity index (χ2v) is 7.73. The van der Waals surface area contributed by atoms with Gasteiger partial charge in [-0.2, -0.15) is 4.98 Å². The van der Waals surface area contributed by atoms with E-state index in [1.54, 1.807) is 0 Å². The van der Waals surface area contributed by atoms with Crippen molar-refractivity contribution in [3.8, 4) is 0 Å². The molecular weight excluding hydrogens is 266 g/mol. The molecule has 0 spiro atoms. The van der Waals surface area contributed by atoms with Crippen molar-refractivity contribution in [2.24, 2.45) is 0 Å². The van der Waals surface area contributed by atoms with Crippen molar-refractivity contribution in [3.05, 3.63) is 11.7 Å². The van der Waals surface area contributed by atoms with Gasteiger partial charge in [-0.3, -0.25) is 4.90 Å². The summed E-state index contributed by atoms with van der Waals surface area (Å²) in [7, 11) is -2.93. The fourth-order valence-corrected chi connectivity index (χ4v) is 2.85. The molecule has 0 aromatic carbocycles. The van der Waals surface area contributed by atoms with Crippen LogP contribution >= 0.6 is 0 Å². The molecule has 7 heteroatoms. The second-order valence-electron chi connectivity index (χ2n) is 5.47. The van der Waals surface area contributed by atoms with E-state index in [4.69, 9.17) is 4.52 Å². The van der Waals surface area contributed by atoms with Gasteiger partial charge in [0.1, 0.15) is 9.84 Å². The Kier molecular flexibility index (Phi) is 4.25. The quantitative estimate of drug-likeness (QED) is 0.814. The van der Waals surface area contributed by atoms with Crippen molar-refractivity contribution in [2.45, 2.75) is 38.6 Å². The van der Waals surface area contributed by atoms with Crippen LogP contribution in [0, 0.1) is 0 Å². The summed E-state index contributed by atoms with van der Waals surface area (Å²) in [5.74, 6) is 1.73. The summed E-state index contributed by atoms with van der Waals surface area (Å²) < 4.78 is 27.7. The highest BCUT2D eigenvalue weighted by molar-refractivity contribution is 7.90. The van der Waals surface area contributed by atoms with Crippen molar-refractivity contribution in [3.63, 3.8) is 0 Å². The van der Waals surface area contributed by atoms with Gasteiger partial charge in [0.25, 0.3) is 0 Å². The first-order valence-electron chi connectivity index (χ1n) is 6.62. The van der Waals surface area contributed by atoms with Gasteiger partial charge in [0, 0.05) is 18.7 Å². The average molecular weight is 287 g/mol. The van der Waals surface area contributed by atoms with Crippen LogP contribution in [0.2, 0.25) is 0 Å². The maximum absolute atomic E-state index is 11.2.